The van der Waals surface area contributed by atoms with Crippen LogP contribution in [0.2, 0.25) is 0 Å². The van der Waals surface area contributed by atoms with Gasteiger partial charge < -0.3 is 29.0 Å². The topological polar surface area (TPSA) is 149 Å². The second-order valence-electron chi connectivity index (χ2n) is 8.57. The number of aromatic nitrogens is 5. The van der Waals surface area contributed by atoms with Gasteiger partial charge >= 0.3 is 5.97 Å². The van der Waals surface area contributed by atoms with E-state index in [2.05, 4.69) is 25.4 Å². The number of carbonyl (C=O) groups excluding carboxylic acids is 2. The third-order valence-corrected chi connectivity index (χ3v) is 6.06. The number of esters is 1. The van der Waals surface area contributed by atoms with E-state index in [-0.39, 0.29) is 29.4 Å². The van der Waals surface area contributed by atoms with Crippen molar-refractivity contribution in [2.75, 3.05) is 33.3 Å². The van der Waals surface area contributed by atoms with Crippen molar-refractivity contribution < 1.29 is 33.3 Å². The lowest BCUT2D eigenvalue weighted by Gasteiger charge is -2.12. The first-order valence-corrected chi connectivity index (χ1v) is 12.7. The van der Waals surface area contributed by atoms with E-state index in [4.69, 9.17) is 23.7 Å². The summed E-state index contributed by atoms with van der Waals surface area (Å²) in [7, 11) is 4.38. The summed E-state index contributed by atoms with van der Waals surface area (Å²) in [5.41, 5.74) is 1.20. The van der Waals surface area contributed by atoms with Crippen molar-refractivity contribution in [2.24, 2.45) is 0 Å². The monoisotopic (exact) mass is 570 g/mol. The first kappa shape index (κ1) is 27.8. The molecule has 4 heterocycles. The normalized spacial score (nSPS) is 10.7. The van der Waals surface area contributed by atoms with Gasteiger partial charge in [0.05, 0.1) is 63.3 Å². The van der Waals surface area contributed by atoms with E-state index >= 15 is 0 Å². The number of rotatable bonds is 10. The van der Waals surface area contributed by atoms with E-state index in [9.17, 15) is 9.59 Å². The smallest absolute Gasteiger partial charge is 0.340 e. The van der Waals surface area contributed by atoms with Gasteiger partial charge in [-0.2, -0.15) is 5.10 Å². The van der Waals surface area contributed by atoms with Crippen LogP contribution in [0.25, 0.3) is 16.6 Å². The van der Waals surface area contributed by atoms with Crippen LogP contribution in [0.15, 0.2) is 67.4 Å². The number of ether oxygens (including phenoxy) is 5. The summed E-state index contributed by atoms with van der Waals surface area (Å²) in [6, 6.07) is 10.0. The number of hydrogen-bond donors (Lipinski definition) is 1. The van der Waals surface area contributed by atoms with Gasteiger partial charge in [-0.05, 0) is 37.3 Å². The Balaban J connectivity index is 1.36. The van der Waals surface area contributed by atoms with E-state index in [0.717, 1.165) is 5.39 Å². The van der Waals surface area contributed by atoms with E-state index in [1.165, 1.54) is 42.6 Å². The Morgan fingerprint density at radius 1 is 0.905 bits per heavy atom. The van der Waals surface area contributed by atoms with Crippen LogP contribution in [0.5, 0.6) is 28.7 Å². The molecule has 214 valence electrons. The van der Waals surface area contributed by atoms with Crippen molar-refractivity contribution in [3.63, 3.8) is 0 Å². The number of nitrogens with zero attached hydrogens (tertiary/aromatic N) is 5. The molecule has 0 aliphatic heterocycles. The molecule has 1 N–H and O–H groups in total. The molecule has 1 aromatic carbocycles. The van der Waals surface area contributed by atoms with Crippen LogP contribution in [0.1, 0.15) is 27.8 Å². The Labute approximate surface area is 240 Å². The maximum absolute atomic E-state index is 13.2. The Morgan fingerprint density at radius 2 is 1.71 bits per heavy atom. The average Bonchev–Trinajstić information content (AvgIpc) is 3.45. The van der Waals surface area contributed by atoms with Gasteiger partial charge in [0.1, 0.15) is 17.3 Å². The molecule has 4 aromatic heterocycles. The number of methoxy groups -OCH3 is 3. The van der Waals surface area contributed by atoms with Crippen molar-refractivity contribution >= 4 is 28.6 Å². The second-order valence-corrected chi connectivity index (χ2v) is 8.57. The summed E-state index contributed by atoms with van der Waals surface area (Å²) in [4.78, 5) is 38.2. The molecule has 13 heteroatoms. The predicted octanol–water partition coefficient (Wildman–Crippen LogP) is 4.46. The minimum atomic E-state index is -0.572. The molecule has 13 nitrogen and oxygen atoms in total. The summed E-state index contributed by atoms with van der Waals surface area (Å²) in [6.45, 7) is 2.07. The number of amides is 1. The summed E-state index contributed by atoms with van der Waals surface area (Å²) < 4.78 is 28.7. The molecule has 5 aromatic rings. The highest BCUT2D eigenvalue weighted by Gasteiger charge is 2.22. The molecule has 0 aliphatic carbocycles. The van der Waals surface area contributed by atoms with Gasteiger partial charge in [0, 0.05) is 23.8 Å². The lowest BCUT2D eigenvalue weighted by molar-refractivity contribution is 0.0600. The Bertz CT molecular complexity index is 1750. The van der Waals surface area contributed by atoms with Gasteiger partial charge in [0.25, 0.3) is 5.91 Å². The van der Waals surface area contributed by atoms with E-state index in [1.807, 2.05) is 0 Å². The van der Waals surface area contributed by atoms with Crippen LogP contribution in [-0.4, -0.2) is 64.5 Å². The van der Waals surface area contributed by atoms with Crippen LogP contribution < -0.4 is 24.3 Å². The van der Waals surface area contributed by atoms with Gasteiger partial charge in [-0.1, -0.05) is 0 Å². The zero-order valence-electron chi connectivity index (χ0n) is 23.2. The van der Waals surface area contributed by atoms with Gasteiger partial charge in [0.15, 0.2) is 22.9 Å². The van der Waals surface area contributed by atoms with Crippen molar-refractivity contribution in [2.45, 2.75) is 6.92 Å². The van der Waals surface area contributed by atoms with E-state index in [1.54, 1.807) is 57.7 Å². The number of fused-ring (bicyclic) bond motifs is 1. The molecule has 0 atom stereocenters. The Kier molecular flexibility index (Phi) is 8.09. The third-order valence-electron chi connectivity index (χ3n) is 6.06. The highest BCUT2D eigenvalue weighted by molar-refractivity contribution is 6.04. The molecule has 0 saturated heterocycles. The van der Waals surface area contributed by atoms with Crippen molar-refractivity contribution in [1.29, 1.82) is 0 Å². The van der Waals surface area contributed by atoms with Crippen molar-refractivity contribution in [3.05, 3.63) is 78.6 Å². The summed E-state index contributed by atoms with van der Waals surface area (Å²) in [5, 5.41) is 7.78. The van der Waals surface area contributed by atoms with Crippen LogP contribution in [0, 0.1) is 0 Å². The number of pyridine rings is 3. The van der Waals surface area contributed by atoms with Gasteiger partial charge in [-0.25, -0.2) is 14.5 Å². The minimum absolute atomic E-state index is 0.00808. The molecule has 1 amide bonds. The Hall–Kier alpha value is -5.72. The maximum Gasteiger partial charge on any atom is 0.340 e. The van der Waals surface area contributed by atoms with Gasteiger partial charge in [-0.15, -0.1) is 0 Å². The molecule has 0 aliphatic rings. The standard InChI is InChI=1S/C29H26N6O7/c1-5-41-25-16-35(21-15-30-10-8-18(21)29(37)40-4)34-27(25)28(36)33-26-7-6-17(14-32-26)42-22-9-11-31-20-13-24(39-3)23(38-2)12-19(20)22/h6-16H,5H2,1-4H3,(H,32,33,36). The van der Waals surface area contributed by atoms with Crippen LogP contribution in [0.3, 0.4) is 0 Å². The highest BCUT2D eigenvalue weighted by Crippen LogP contribution is 2.36. The van der Waals surface area contributed by atoms with E-state index in [0.29, 0.717) is 34.2 Å². The molecular weight excluding hydrogens is 544 g/mol. The predicted molar refractivity (Wildman–Crippen MR) is 151 cm³/mol. The zero-order valence-corrected chi connectivity index (χ0v) is 23.2. The first-order valence-electron chi connectivity index (χ1n) is 12.7. The highest BCUT2D eigenvalue weighted by atomic mass is 16.5. The molecule has 0 bridgehead atoms. The van der Waals surface area contributed by atoms with Crippen LogP contribution in [-0.2, 0) is 4.74 Å². The lowest BCUT2D eigenvalue weighted by Crippen LogP contribution is -2.15. The molecule has 0 saturated carbocycles. The first-order chi connectivity index (χ1) is 20.4. The summed E-state index contributed by atoms with van der Waals surface area (Å²) in [5.74, 6) is 1.39. The third kappa shape index (κ3) is 5.61. The fraction of sp³-hybridized carbons (Fsp3) is 0.172. The van der Waals surface area contributed by atoms with Gasteiger partial charge in [0.2, 0.25) is 0 Å². The average molecular weight is 571 g/mol. The van der Waals surface area contributed by atoms with Gasteiger partial charge in [-0.3, -0.25) is 14.8 Å². The number of nitrogens with one attached hydrogen (secondary N) is 1. The number of anilines is 1. The van der Waals surface area contributed by atoms with Crippen LogP contribution in [0.4, 0.5) is 5.82 Å². The van der Waals surface area contributed by atoms with Crippen LogP contribution >= 0.6 is 0 Å². The Morgan fingerprint density at radius 3 is 2.43 bits per heavy atom. The summed E-state index contributed by atoms with van der Waals surface area (Å²) in [6.07, 6.45) is 7.50. The fourth-order valence-corrected chi connectivity index (χ4v) is 4.10. The zero-order chi connectivity index (χ0) is 29.6. The molecule has 42 heavy (non-hydrogen) atoms. The number of benzene rings is 1. The fourth-order valence-electron chi connectivity index (χ4n) is 4.10. The summed E-state index contributed by atoms with van der Waals surface area (Å²) >= 11 is 0. The molecular formula is C29H26N6O7. The quantitative estimate of drug-likeness (QED) is 0.237. The van der Waals surface area contributed by atoms with E-state index < -0.39 is 11.9 Å². The molecule has 0 unspecified atom stereocenters. The second kappa shape index (κ2) is 12.2. The minimum Gasteiger partial charge on any atom is -0.493 e. The number of hydrogen-bond acceptors (Lipinski definition) is 11. The largest absolute Gasteiger partial charge is 0.493 e. The van der Waals surface area contributed by atoms with Crippen molar-refractivity contribution in [3.8, 4) is 34.4 Å². The molecule has 0 spiro atoms. The maximum atomic E-state index is 13.2. The van der Waals surface area contributed by atoms with Crippen molar-refractivity contribution in [1.82, 2.24) is 24.7 Å². The molecule has 0 radical (unpaired) electrons. The SMILES string of the molecule is CCOc1cn(-c2cnccc2C(=O)OC)nc1C(=O)Nc1ccc(Oc2ccnc3cc(OC)c(OC)cc23)cn1. The molecule has 5 rings (SSSR count). The number of carbonyl (C=O) groups is 2. The molecule has 0 fully saturated rings. The lowest BCUT2D eigenvalue weighted by atomic mass is 10.2.